The molecule has 1 N–H and O–H groups in total. The van der Waals surface area contributed by atoms with E-state index in [2.05, 4.69) is 22.5 Å². The molecule has 0 spiro atoms. The molecule has 2 atom stereocenters. The Labute approximate surface area is 111 Å². The number of rotatable bonds is 1. The number of hydrogen-bond acceptors (Lipinski definition) is 2. The Bertz CT molecular complexity index is 689. The number of para-hydroxylation sites is 1. The second-order valence-corrected chi connectivity index (χ2v) is 5.57. The van der Waals surface area contributed by atoms with Crippen molar-refractivity contribution >= 4 is 23.3 Å². The second kappa shape index (κ2) is 4.25. The summed E-state index contributed by atoms with van der Waals surface area (Å²) in [5.41, 5.74) is 2.62. The third kappa shape index (κ3) is 1.67. The van der Waals surface area contributed by atoms with Gasteiger partial charge in [0, 0.05) is 6.04 Å². The predicted octanol–water partition coefficient (Wildman–Crippen LogP) is 3.93. The molecule has 1 heterocycles. The summed E-state index contributed by atoms with van der Waals surface area (Å²) in [5.74, 6) is 0.765. The van der Waals surface area contributed by atoms with Crippen LogP contribution in [0, 0.1) is 22.0 Å². The molecule has 4 heteroatoms. The number of aromatic amines is 1. The van der Waals surface area contributed by atoms with Gasteiger partial charge in [0.05, 0.1) is 16.6 Å². The third-order valence-corrected chi connectivity index (χ3v) is 4.20. The number of fused-ring (bicyclic) bond motifs is 1. The fraction of sp³-hybridized carbons (Fsp3) is 0.429. The van der Waals surface area contributed by atoms with Crippen LogP contribution in [0.25, 0.3) is 11.0 Å². The summed E-state index contributed by atoms with van der Waals surface area (Å²) in [4.78, 5) is 3.19. The Morgan fingerprint density at radius 1 is 1.44 bits per heavy atom. The van der Waals surface area contributed by atoms with Gasteiger partial charge in [-0.2, -0.15) is 5.26 Å². The van der Waals surface area contributed by atoms with Crippen LogP contribution in [0.3, 0.4) is 0 Å². The molecular formula is C14H15N3S. The molecule has 1 aliphatic carbocycles. The van der Waals surface area contributed by atoms with Crippen molar-refractivity contribution in [2.24, 2.45) is 5.92 Å². The summed E-state index contributed by atoms with van der Waals surface area (Å²) in [6.45, 7) is 2.29. The highest BCUT2D eigenvalue weighted by Crippen LogP contribution is 2.36. The van der Waals surface area contributed by atoms with E-state index in [1.165, 1.54) is 19.3 Å². The molecule has 1 aliphatic rings. The first-order valence-electron chi connectivity index (χ1n) is 6.34. The summed E-state index contributed by atoms with van der Waals surface area (Å²) < 4.78 is 2.95. The molecule has 92 valence electrons. The Kier molecular flexibility index (Phi) is 2.71. The van der Waals surface area contributed by atoms with E-state index in [1.54, 1.807) is 0 Å². The van der Waals surface area contributed by atoms with Crippen LogP contribution in [-0.2, 0) is 0 Å². The molecule has 0 amide bonds. The zero-order valence-corrected chi connectivity index (χ0v) is 11.1. The van der Waals surface area contributed by atoms with Gasteiger partial charge in [-0.3, -0.25) is 0 Å². The standard InChI is InChI=1S/C14H15N3S/c1-9-5-6-11(7-9)17-12-4-2-3-10(8-15)13(12)16-14(17)18/h2-4,9,11H,5-7H2,1H3,(H,16,18). The highest BCUT2D eigenvalue weighted by Gasteiger charge is 2.25. The minimum atomic E-state index is 0.482. The molecule has 0 bridgehead atoms. The van der Waals surface area contributed by atoms with Gasteiger partial charge in [-0.25, -0.2) is 0 Å². The van der Waals surface area contributed by atoms with Crippen molar-refractivity contribution in [2.45, 2.75) is 32.2 Å². The molecule has 2 aromatic rings. The maximum Gasteiger partial charge on any atom is 0.178 e. The molecular weight excluding hydrogens is 242 g/mol. The molecule has 0 aliphatic heterocycles. The number of benzene rings is 1. The van der Waals surface area contributed by atoms with Gasteiger partial charge in [-0.1, -0.05) is 13.0 Å². The first-order valence-corrected chi connectivity index (χ1v) is 6.75. The lowest BCUT2D eigenvalue weighted by atomic mass is 10.1. The minimum absolute atomic E-state index is 0.482. The Morgan fingerprint density at radius 3 is 2.94 bits per heavy atom. The van der Waals surface area contributed by atoms with E-state index < -0.39 is 0 Å². The molecule has 2 unspecified atom stereocenters. The summed E-state index contributed by atoms with van der Waals surface area (Å²) in [5, 5.41) is 9.13. The van der Waals surface area contributed by atoms with Gasteiger partial charge in [-0.15, -0.1) is 0 Å². The predicted molar refractivity (Wildman–Crippen MR) is 73.9 cm³/mol. The average Bonchev–Trinajstić information content (AvgIpc) is 2.91. The van der Waals surface area contributed by atoms with Crippen molar-refractivity contribution in [3.05, 3.63) is 28.5 Å². The van der Waals surface area contributed by atoms with Crippen LogP contribution in [-0.4, -0.2) is 9.55 Å². The second-order valence-electron chi connectivity index (χ2n) is 5.18. The number of nitrogens with zero attached hydrogens (tertiary/aromatic N) is 2. The van der Waals surface area contributed by atoms with Crippen LogP contribution in [0.4, 0.5) is 0 Å². The molecule has 3 nitrogen and oxygen atoms in total. The summed E-state index contributed by atoms with van der Waals surface area (Å²) >= 11 is 5.43. The van der Waals surface area contributed by atoms with E-state index in [0.29, 0.717) is 11.6 Å². The van der Waals surface area contributed by atoms with Crippen molar-refractivity contribution in [3.8, 4) is 6.07 Å². The Hall–Kier alpha value is -1.60. The van der Waals surface area contributed by atoms with E-state index in [4.69, 9.17) is 17.5 Å². The lowest BCUT2D eigenvalue weighted by Gasteiger charge is -2.13. The van der Waals surface area contributed by atoms with Gasteiger partial charge in [0.2, 0.25) is 0 Å². The van der Waals surface area contributed by atoms with Crippen LogP contribution >= 0.6 is 12.2 Å². The first-order chi connectivity index (χ1) is 8.70. The van der Waals surface area contributed by atoms with Crippen LogP contribution in [0.2, 0.25) is 0 Å². The molecule has 1 saturated carbocycles. The van der Waals surface area contributed by atoms with Crippen LogP contribution < -0.4 is 0 Å². The SMILES string of the molecule is CC1CCC(n2c(=S)[nH]c3c(C#N)cccc32)C1. The number of H-pyrrole nitrogens is 1. The first kappa shape index (κ1) is 11.5. The van der Waals surface area contributed by atoms with Gasteiger partial charge in [0.1, 0.15) is 6.07 Å². The van der Waals surface area contributed by atoms with Crippen molar-refractivity contribution in [1.29, 1.82) is 5.26 Å². The molecule has 0 radical (unpaired) electrons. The number of hydrogen-bond donors (Lipinski definition) is 1. The van der Waals surface area contributed by atoms with Crippen LogP contribution in [0.5, 0.6) is 0 Å². The van der Waals surface area contributed by atoms with E-state index in [1.807, 2.05) is 18.2 Å². The van der Waals surface area contributed by atoms with Crippen molar-refractivity contribution in [2.75, 3.05) is 0 Å². The van der Waals surface area contributed by atoms with Crippen molar-refractivity contribution < 1.29 is 0 Å². The number of nitriles is 1. The monoisotopic (exact) mass is 257 g/mol. The number of nitrogens with one attached hydrogen (secondary N) is 1. The zero-order valence-electron chi connectivity index (χ0n) is 10.3. The largest absolute Gasteiger partial charge is 0.329 e. The zero-order chi connectivity index (χ0) is 12.7. The summed E-state index contributed by atoms with van der Waals surface area (Å²) in [6, 6.07) is 8.51. The molecule has 1 fully saturated rings. The Morgan fingerprint density at radius 2 is 2.28 bits per heavy atom. The molecule has 0 saturated heterocycles. The highest BCUT2D eigenvalue weighted by atomic mass is 32.1. The number of aromatic nitrogens is 2. The molecule has 1 aromatic carbocycles. The van der Waals surface area contributed by atoms with Gasteiger partial charge >= 0.3 is 0 Å². The Balaban J connectivity index is 2.21. The van der Waals surface area contributed by atoms with E-state index >= 15 is 0 Å². The smallest absolute Gasteiger partial charge is 0.178 e. The summed E-state index contributed by atoms with van der Waals surface area (Å²) in [7, 11) is 0. The summed E-state index contributed by atoms with van der Waals surface area (Å²) in [6.07, 6.45) is 3.62. The maximum absolute atomic E-state index is 9.13. The van der Waals surface area contributed by atoms with Crippen LogP contribution in [0.1, 0.15) is 37.8 Å². The molecule has 3 rings (SSSR count). The van der Waals surface area contributed by atoms with Gasteiger partial charge < -0.3 is 9.55 Å². The number of imidazole rings is 1. The lowest BCUT2D eigenvalue weighted by Crippen LogP contribution is -2.05. The maximum atomic E-state index is 9.13. The van der Waals surface area contributed by atoms with Gasteiger partial charge in [0.25, 0.3) is 0 Å². The fourth-order valence-electron chi connectivity index (χ4n) is 3.02. The third-order valence-electron chi connectivity index (χ3n) is 3.91. The van der Waals surface area contributed by atoms with Gasteiger partial charge in [-0.05, 0) is 49.5 Å². The minimum Gasteiger partial charge on any atom is -0.329 e. The van der Waals surface area contributed by atoms with Gasteiger partial charge in [0.15, 0.2) is 4.77 Å². The molecule has 1 aromatic heterocycles. The van der Waals surface area contributed by atoms with Crippen molar-refractivity contribution in [3.63, 3.8) is 0 Å². The van der Waals surface area contributed by atoms with E-state index in [0.717, 1.165) is 21.7 Å². The average molecular weight is 257 g/mol. The van der Waals surface area contributed by atoms with Crippen molar-refractivity contribution in [1.82, 2.24) is 9.55 Å². The van der Waals surface area contributed by atoms with Crippen LogP contribution in [0.15, 0.2) is 18.2 Å². The molecule has 18 heavy (non-hydrogen) atoms. The quantitative estimate of drug-likeness (QED) is 0.787. The van der Waals surface area contributed by atoms with E-state index in [-0.39, 0.29) is 0 Å². The highest BCUT2D eigenvalue weighted by molar-refractivity contribution is 7.71. The normalized spacial score (nSPS) is 23.3. The topological polar surface area (TPSA) is 44.5 Å². The fourth-order valence-corrected chi connectivity index (χ4v) is 3.37. The lowest BCUT2D eigenvalue weighted by molar-refractivity contribution is 0.500. The van der Waals surface area contributed by atoms with E-state index in [9.17, 15) is 0 Å².